The van der Waals surface area contributed by atoms with Gasteiger partial charge in [-0.1, -0.05) is 6.42 Å². The Labute approximate surface area is 179 Å². The average Bonchev–Trinajstić information content (AvgIpc) is 2.68. The van der Waals surface area contributed by atoms with Crippen LogP contribution in [0.3, 0.4) is 0 Å². The molecule has 7 nitrogen and oxygen atoms in total. The number of piperazine rings is 1. The van der Waals surface area contributed by atoms with Crippen molar-refractivity contribution in [3.05, 3.63) is 0 Å². The van der Waals surface area contributed by atoms with Crippen molar-refractivity contribution in [2.24, 2.45) is 10.9 Å². The third kappa shape index (κ3) is 7.04. The first-order valence-corrected chi connectivity index (χ1v) is 11.6. The van der Waals surface area contributed by atoms with Gasteiger partial charge in [0.25, 0.3) is 6.43 Å². The molecule has 3 aliphatic rings. The number of hydrogen-bond donors (Lipinski definition) is 2. The maximum Gasteiger partial charge on any atom is 0.251 e. The third-order valence-corrected chi connectivity index (χ3v) is 6.49. The van der Waals surface area contributed by atoms with Crippen molar-refractivity contribution in [1.82, 2.24) is 25.3 Å². The highest BCUT2D eigenvalue weighted by molar-refractivity contribution is 5.80. The second-order valence-corrected chi connectivity index (χ2v) is 8.67. The molecule has 3 fully saturated rings. The number of carbonyl (C=O) groups excluding carboxylic acids is 1. The zero-order chi connectivity index (χ0) is 21.3. The molecule has 1 amide bonds. The van der Waals surface area contributed by atoms with Crippen molar-refractivity contribution in [3.8, 4) is 0 Å². The number of hydrogen-bond acceptors (Lipinski definition) is 4. The predicted octanol–water partition coefficient (Wildman–Crippen LogP) is 1.22. The van der Waals surface area contributed by atoms with Gasteiger partial charge in [0.1, 0.15) is 0 Å². The number of carbonyl (C=O) groups is 1. The van der Waals surface area contributed by atoms with E-state index in [0.29, 0.717) is 25.5 Å². The Kier molecular flexibility index (Phi) is 9.11. The largest absolute Gasteiger partial charge is 0.357 e. The number of halogens is 2. The van der Waals surface area contributed by atoms with Crippen LogP contribution in [0.2, 0.25) is 0 Å². The highest BCUT2D eigenvalue weighted by Crippen LogP contribution is 2.28. The van der Waals surface area contributed by atoms with E-state index in [4.69, 9.17) is 4.99 Å². The summed E-state index contributed by atoms with van der Waals surface area (Å²) in [6.07, 6.45) is 2.79. The number of likely N-dealkylation sites (tertiary alicyclic amines) is 1. The second kappa shape index (κ2) is 11.8. The molecule has 0 radical (unpaired) electrons. The first-order valence-electron chi connectivity index (χ1n) is 11.6. The van der Waals surface area contributed by atoms with Gasteiger partial charge >= 0.3 is 0 Å². The second-order valence-electron chi connectivity index (χ2n) is 8.67. The van der Waals surface area contributed by atoms with Crippen LogP contribution in [-0.4, -0.2) is 104 Å². The van der Waals surface area contributed by atoms with E-state index in [1.165, 1.54) is 6.42 Å². The highest BCUT2D eigenvalue weighted by Gasteiger charge is 2.31. The number of alkyl halides is 2. The molecule has 2 saturated heterocycles. The molecule has 0 aromatic carbocycles. The van der Waals surface area contributed by atoms with Crippen LogP contribution < -0.4 is 10.6 Å². The molecule has 0 unspecified atom stereocenters. The van der Waals surface area contributed by atoms with Gasteiger partial charge in [-0.15, -0.1) is 0 Å². The van der Waals surface area contributed by atoms with Gasteiger partial charge in [-0.3, -0.25) is 19.6 Å². The molecule has 2 N–H and O–H groups in total. The van der Waals surface area contributed by atoms with Crippen molar-refractivity contribution in [2.75, 3.05) is 65.4 Å². The van der Waals surface area contributed by atoms with E-state index in [1.54, 1.807) is 0 Å². The Balaban J connectivity index is 1.35. The number of guanidine groups is 1. The van der Waals surface area contributed by atoms with Crippen molar-refractivity contribution < 1.29 is 13.6 Å². The standard InChI is InChI=1S/C21H38F2N6O/c1-2-24-21(26-18-6-9-28(10-7-18)16-19(22)23)25-8-11-27-12-14-29(15-13-27)20(30)17-4-3-5-17/h17-19H,2-16H2,1H3,(H2,24,25,26). The normalized spacial score (nSPS) is 22.9. The van der Waals surface area contributed by atoms with Crippen LogP contribution in [0.4, 0.5) is 8.78 Å². The molecule has 2 heterocycles. The number of rotatable bonds is 8. The van der Waals surface area contributed by atoms with Gasteiger partial charge in [0.15, 0.2) is 5.96 Å². The zero-order valence-electron chi connectivity index (χ0n) is 18.3. The summed E-state index contributed by atoms with van der Waals surface area (Å²) < 4.78 is 25.1. The molecule has 2 aliphatic heterocycles. The summed E-state index contributed by atoms with van der Waals surface area (Å²) in [5.41, 5.74) is 0. The Morgan fingerprint density at radius 1 is 1.03 bits per heavy atom. The minimum absolute atomic E-state index is 0.125. The molecule has 1 aliphatic carbocycles. The molecule has 0 bridgehead atoms. The lowest BCUT2D eigenvalue weighted by Crippen LogP contribution is -2.51. The topological polar surface area (TPSA) is 63.2 Å². The van der Waals surface area contributed by atoms with Crippen LogP contribution in [-0.2, 0) is 4.79 Å². The van der Waals surface area contributed by atoms with Crippen molar-refractivity contribution in [1.29, 1.82) is 0 Å². The summed E-state index contributed by atoms with van der Waals surface area (Å²) in [5.74, 6) is 1.46. The van der Waals surface area contributed by atoms with E-state index in [2.05, 4.69) is 15.5 Å². The van der Waals surface area contributed by atoms with E-state index in [0.717, 1.165) is 70.9 Å². The van der Waals surface area contributed by atoms with Gasteiger partial charge in [-0.25, -0.2) is 8.78 Å². The fourth-order valence-corrected chi connectivity index (χ4v) is 4.38. The summed E-state index contributed by atoms with van der Waals surface area (Å²) in [6.45, 7) is 9.19. The van der Waals surface area contributed by atoms with Gasteiger partial charge in [0, 0.05) is 64.3 Å². The third-order valence-electron chi connectivity index (χ3n) is 6.49. The van der Waals surface area contributed by atoms with Crippen molar-refractivity contribution in [2.45, 2.75) is 51.5 Å². The van der Waals surface area contributed by atoms with E-state index >= 15 is 0 Å². The highest BCUT2D eigenvalue weighted by atomic mass is 19.3. The van der Waals surface area contributed by atoms with E-state index in [-0.39, 0.29) is 18.5 Å². The molecular weight excluding hydrogens is 390 g/mol. The average molecular weight is 429 g/mol. The molecule has 172 valence electrons. The minimum Gasteiger partial charge on any atom is -0.357 e. The quantitative estimate of drug-likeness (QED) is 0.450. The van der Waals surface area contributed by atoms with Crippen molar-refractivity contribution >= 4 is 11.9 Å². The van der Waals surface area contributed by atoms with E-state index in [1.807, 2.05) is 16.7 Å². The van der Waals surface area contributed by atoms with Crippen LogP contribution in [0.25, 0.3) is 0 Å². The van der Waals surface area contributed by atoms with Gasteiger partial charge in [-0.05, 0) is 32.6 Å². The number of amides is 1. The Morgan fingerprint density at radius 2 is 1.73 bits per heavy atom. The lowest BCUT2D eigenvalue weighted by Gasteiger charge is -2.38. The molecule has 0 spiro atoms. The monoisotopic (exact) mass is 428 g/mol. The maximum atomic E-state index is 12.5. The molecule has 0 aromatic heterocycles. The fourth-order valence-electron chi connectivity index (χ4n) is 4.38. The lowest BCUT2D eigenvalue weighted by molar-refractivity contribution is -0.139. The first kappa shape index (κ1) is 23.2. The summed E-state index contributed by atoms with van der Waals surface area (Å²) in [7, 11) is 0. The Bertz CT molecular complexity index is 556. The van der Waals surface area contributed by atoms with Gasteiger partial charge in [0.05, 0.1) is 13.1 Å². The minimum atomic E-state index is -2.26. The molecular formula is C21H38F2N6O. The molecule has 30 heavy (non-hydrogen) atoms. The molecule has 9 heteroatoms. The van der Waals surface area contributed by atoms with Gasteiger partial charge in [-0.2, -0.15) is 0 Å². The predicted molar refractivity (Wildman–Crippen MR) is 115 cm³/mol. The van der Waals surface area contributed by atoms with Crippen LogP contribution in [0.5, 0.6) is 0 Å². The Morgan fingerprint density at radius 3 is 2.30 bits per heavy atom. The fraction of sp³-hybridized carbons (Fsp3) is 0.905. The zero-order valence-corrected chi connectivity index (χ0v) is 18.3. The van der Waals surface area contributed by atoms with E-state index in [9.17, 15) is 13.6 Å². The number of piperidine rings is 1. The summed E-state index contributed by atoms with van der Waals surface area (Å²) in [5, 5.41) is 6.76. The summed E-state index contributed by atoms with van der Waals surface area (Å²) >= 11 is 0. The molecule has 0 atom stereocenters. The maximum absolute atomic E-state index is 12.5. The number of nitrogens with zero attached hydrogens (tertiary/aromatic N) is 4. The SMILES string of the molecule is CCNC(=NCCN1CCN(C(=O)C2CCC2)CC1)NC1CCN(CC(F)F)CC1. The summed E-state index contributed by atoms with van der Waals surface area (Å²) in [6, 6.07) is 0.276. The number of nitrogens with one attached hydrogen (secondary N) is 2. The smallest absolute Gasteiger partial charge is 0.251 e. The first-order chi connectivity index (χ1) is 14.5. The summed E-state index contributed by atoms with van der Waals surface area (Å²) in [4.78, 5) is 23.3. The molecule has 3 rings (SSSR count). The van der Waals surface area contributed by atoms with Crippen LogP contribution in [0.1, 0.15) is 39.0 Å². The number of aliphatic imine (C=N–C) groups is 1. The van der Waals surface area contributed by atoms with Crippen LogP contribution in [0, 0.1) is 5.92 Å². The van der Waals surface area contributed by atoms with Crippen molar-refractivity contribution in [3.63, 3.8) is 0 Å². The lowest BCUT2D eigenvalue weighted by atomic mass is 9.84. The Hall–Kier alpha value is -1.48. The van der Waals surface area contributed by atoms with Crippen LogP contribution in [0.15, 0.2) is 4.99 Å². The van der Waals surface area contributed by atoms with Crippen LogP contribution >= 0.6 is 0 Å². The molecule has 1 saturated carbocycles. The van der Waals surface area contributed by atoms with Gasteiger partial charge < -0.3 is 15.5 Å². The van der Waals surface area contributed by atoms with Gasteiger partial charge in [0.2, 0.25) is 5.91 Å². The molecule has 0 aromatic rings. The van der Waals surface area contributed by atoms with E-state index < -0.39 is 6.43 Å².